The number of aryl methyl sites for hydroxylation is 1. The van der Waals surface area contributed by atoms with Gasteiger partial charge in [-0.1, -0.05) is 6.92 Å². The molecular weight excluding hydrogens is 152 g/mol. The average Bonchev–Trinajstić information content (AvgIpc) is 2.34. The molecule has 0 aromatic carbocycles. The molecule has 1 aromatic rings. The number of aromatic nitrogens is 2. The maximum absolute atomic E-state index is 10.4. The molecule has 0 bridgehead atoms. The summed E-state index contributed by atoms with van der Waals surface area (Å²) in [5.41, 5.74) is 1.01. The van der Waals surface area contributed by atoms with Gasteiger partial charge in [-0.3, -0.25) is 4.79 Å². The zero-order chi connectivity index (χ0) is 7.56. The maximum atomic E-state index is 10.4. The molecule has 4 heteroatoms. The normalized spacial score (nSPS) is 9.80. The SMILES string of the molecule is CCc1cnn(C(=O)Cl)c1. The van der Waals surface area contributed by atoms with E-state index in [2.05, 4.69) is 5.10 Å². The van der Waals surface area contributed by atoms with Crippen LogP contribution in [-0.2, 0) is 6.42 Å². The number of nitrogens with zero attached hydrogens (tertiary/aromatic N) is 2. The highest BCUT2D eigenvalue weighted by Crippen LogP contribution is 1.99. The van der Waals surface area contributed by atoms with Crippen LogP contribution in [0.5, 0.6) is 0 Å². The molecule has 54 valence electrons. The van der Waals surface area contributed by atoms with E-state index in [-0.39, 0.29) is 0 Å². The van der Waals surface area contributed by atoms with Crippen LogP contribution in [0.1, 0.15) is 12.5 Å². The van der Waals surface area contributed by atoms with Crippen molar-refractivity contribution in [3.8, 4) is 0 Å². The van der Waals surface area contributed by atoms with Crippen LogP contribution in [-0.4, -0.2) is 15.1 Å². The molecule has 0 atom stereocenters. The van der Waals surface area contributed by atoms with Gasteiger partial charge in [-0.25, -0.2) is 0 Å². The lowest BCUT2D eigenvalue weighted by molar-refractivity contribution is 0.258. The first-order chi connectivity index (χ1) is 4.74. The first-order valence-electron chi connectivity index (χ1n) is 2.97. The van der Waals surface area contributed by atoms with Crippen LogP contribution in [0.3, 0.4) is 0 Å². The van der Waals surface area contributed by atoms with E-state index in [4.69, 9.17) is 11.6 Å². The van der Waals surface area contributed by atoms with Gasteiger partial charge in [-0.2, -0.15) is 9.78 Å². The standard InChI is InChI=1S/C6H7ClN2O/c1-2-5-3-8-9(4-5)6(7)10/h3-4H,2H2,1H3. The summed E-state index contributed by atoms with van der Waals surface area (Å²) in [5.74, 6) is 0. The molecule has 0 N–H and O–H groups in total. The molecule has 1 rings (SSSR count). The molecule has 0 aliphatic rings. The predicted molar refractivity (Wildman–Crippen MR) is 38.3 cm³/mol. The molecule has 0 spiro atoms. The Morgan fingerprint density at radius 2 is 2.60 bits per heavy atom. The largest absolute Gasteiger partial charge is 0.340 e. The van der Waals surface area contributed by atoms with Crippen molar-refractivity contribution < 1.29 is 4.79 Å². The molecule has 3 nitrogen and oxygen atoms in total. The van der Waals surface area contributed by atoms with Gasteiger partial charge in [0.05, 0.1) is 6.20 Å². The Hall–Kier alpha value is -0.830. The second-order valence-electron chi connectivity index (χ2n) is 1.90. The Morgan fingerprint density at radius 3 is 2.90 bits per heavy atom. The highest BCUT2D eigenvalue weighted by Gasteiger charge is 2.00. The molecule has 1 heterocycles. The van der Waals surface area contributed by atoms with Crippen LogP contribution < -0.4 is 0 Å². The topological polar surface area (TPSA) is 34.9 Å². The van der Waals surface area contributed by atoms with Crippen molar-refractivity contribution in [2.75, 3.05) is 0 Å². The van der Waals surface area contributed by atoms with Crippen LogP contribution in [0.2, 0.25) is 0 Å². The molecule has 0 fully saturated rings. The van der Waals surface area contributed by atoms with Crippen LogP contribution in [0.25, 0.3) is 0 Å². The Labute approximate surface area is 63.6 Å². The van der Waals surface area contributed by atoms with E-state index in [0.29, 0.717) is 0 Å². The quantitative estimate of drug-likeness (QED) is 0.583. The summed E-state index contributed by atoms with van der Waals surface area (Å²) in [6.45, 7) is 1.99. The number of halogens is 1. The van der Waals surface area contributed by atoms with Crippen molar-refractivity contribution in [1.82, 2.24) is 9.78 Å². The lowest BCUT2D eigenvalue weighted by Crippen LogP contribution is -2.00. The fourth-order valence-electron chi connectivity index (χ4n) is 0.639. The summed E-state index contributed by atoms with van der Waals surface area (Å²) >= 11 is 5.14. The molecule has 10 heavy (non-hydrogen) atoms. The molecule has 0 saturated heterocycles. The second kappa shape index (κ2) is 2.84. The lowest BCUT2D eigenvalue weighted by atomic mass is 10.3. The maximum Gasteiger partial charge on any atom is 0.340 e. The summed E-state index contributed by atoms with van der Waals surface area (Å²) in [7, 11) is 0. The van der Waals surface area contributed by atoms with E-state index in [0.717, 1.165) is 16.7 Å². The van der Waals surface area contributed by atoms with Crippen molar-refractivity contribution in [3.63, 3.8) is 0 Å². The van der Waals surface area contributed by atoms with Crippen molar-refractivity contribution in [3.05, 3.63) is 18.0 Å². The summed E-state index contributed by atoms with van der Waals surface area (Å²) < 4.78 is 1.11. The van der Waals surface area contributed by atoms with Crippen molar-refractivity contribution in [1.29, 1.82) is 0 Å². The minimum absolute atomic E-state index is 0.570. The number of hydrogen-bond donors (Lipinski definition) is 0. The molecule has 0 unspecified atom stereocenters. The Bertz CT molecular complexity index is 244. The smallest absolute Gasteiger partial charge is 0.253 e. The van der Waals surface area contributed by atoms with Crippen LogP contribution >= 0.6 is 11.6 Å². The monoisotopic (exact) mass is 158 g/mol. The number of rotatable bonds is 1. The first-order valence-corrected chi connectivity index (χ1v) is 3.35. The molecule has 0 amide bonds. The van der Waals surface area contributed by atoms with Crippen molar-refractivity contribution in [2.24, 2.45) is 0 Å². The van der Waals surface area contributed by atoms with Crippen LogP contribution in [0.4, 0.5) is 4.79 Å². The van der Waals surface area contributed by atoms with E-state index >= 15 is 0 Å². The van der Waals surface area contributed by atoms with Gasteiger partial charge < -0.3 is 0 Å². The minimum atomic E-state index is -0.570. The van der Waals surface area contributed by atoms with Crippen LogP contribution in [0, 0.1) is 0 Å². The van der Waals surface area contributed by atoms with Gasteiger partial charge in [0.15, 0.2) is 0 Å². The van der Waals surface area contributed by atoms with E-state index in [1.165, 1.54) is 0 Å². The van der Waals surface area contributed by atoms with Gasteiger partial charge in [0, 0.05) is 6.20 Å². The minimum Gasteiger partial charge on any atom is -0.253 e. The zero-order valence-electron chi connectivity index (χ0n) is 5.54. The number of hydrogen-bond acceptors (Lipinski definition) is 2. The van der Waals surface area contributed by atoms with E-state index in [1.54, 1.807) is 12.4 Å². The van der Waals surface area contributed by atoms with Crippen molar-refractivity contribution >= 4 is 17.0 Å². The third kappa shape index (κ3) is 1.36. The Balaban J connectivity index is 2.88. The summed E-state index contributed by atoms with van der Waals surface area (Å²) in [5, 5.41) is 3.15. The van der Waals surface area contributed by atoms with Gasteiger partial charge in [0.25, 0.3) is 0 Å². The van der Waals surface area contributed by atoms with Crippen molar-refractivity contribution in [2.45, 2.75) is 13.3 Å². The Morgan fingerprint density at radius 1 is 1.90 bits per heavy atom. The lowest BCUT2D eigenvalue weighted by Gasteiger charge is -1.86. The second-order valence-corrected chi connectivity index (χ2v) is 2.22. The highest BCUT2D eigenvalue weighted by atomic mass is 35.5. The Kier molecular flexibility index (Phi) is 2.06. The summed E-state index contributed by atoms with van der Waals surface area (Å²) in [6, 6.07) is 0. The highest BCUT2D eigenvalue weighted by molar-refractivity contribution is 6.63. The summed E-state index contributed by atoms with van der Waals surface area (Å²) in [6.07, 6.45) is 4.11. The molecule has 0 aliphatic carbocycles. The fraction of sp³-hybridized carbons (Fsp3) is 0.333. The number of carbonyl (C=O) groups excluding carboxylic acids is 1. The molecule has 0 aliphatic heterocycles. The predicted octanol–water partition coefficient (Wildman–Crippen LogP) is 1.65. The average molecular weight is 159 g/mol. The van der Waals surface area contributed by atoms with Crippen LogP contribution in [0.15, 0.2) is 12.4 Å². The first kappa shape index (κ1) is 7.28. The molecular formula is C6H7ClN2O. The third-order valence-electron chi connectivity index (χ3n) is 1.22. The number of carbonyl (C=O) groups is 1. The summed E-state index contributed by atoms with van der Waals surface area (Å²) in [4.78, 5) is 10.4. The van der Waals surface area contributed by atoms with Gasteiger partial charge in [0.2, 0.25) is 0 Å². The van der Waals surface area contributed by atoms with E-state index in [1.807, 2.05) is 6.92 Å². The van der Waals surface area contributed by atoms with Gasteiger partial charge in [0.1, 0.15) is 0 Å². The molecule has 1 aromatic heterocycles. The third-order valence-corrected chi connectivity index (χ3v) is 1.40. The van der Waals surface area contributed by atoms with E-state index in [9.17, 15) is 4.79 Å². The van der Waals surface area contributed by atoms with Gasteiger partial charge >= 0.3 is 5.37 Å². The molecule has 0 saturated carbocycles. The molecule has 0 radical (unpaired) electrons. The van der Waals surface area contributed by atoms with Gasteiger partial charge in [-0.15, -0.1) is 0 Å². The van der Waals surface area contributed by atoms with E-state index < -0.39 is 5.37 Å². The fourth-order valence-corrected chi connectivity index (χ4v) is 0.731. The van der Waals surface area contributed by atoms with Gasteiger partial charge in [-0.05, 0) is 23.6 Å². The zero-order valence-corrected chi connectivity index (χ0v) is 6.30.